The number of halogens is 2. The number of ether oxygens (including phenoxy) is 2. The Balaban J connectivity index is 1.62. The third kappa shape index (κ3) is 2.29. The number of imidazole rings is 1. The largest absolute Gasteiger partial charge is 0.586 e. The number of nitrogens with one attached hydrogen (secondary N) is 3. The average Bonchev–Trinajstić information content (AvgIpc) is 3.10. The molecule has 3 heterocycles. The van der Waals surface area contributed by atoms with Crippen LogP contribution in [0.2, 0.25) is 0 Å². The van der Waals surface area contributed by atoms with Crippen LogP contribution in [0.3, 0.4) is 0 Å². The van der Waals surface area contributed by atoms with Gasteiger partial charge in [0.05, 0.1) is 11.0 Å². The van der Waals surface area contributed by atoms with Crippen molar-refractivity contribution in [2.45, 2.75) is 6.29 Å². The second kappa shape index (κ2) is 4.35. The second-order valence-corrected chi connectivity index (χ2v) is 4.87. The summed E-state index contributed by atoms with van der Waals surface area (Å²) < 4.78 is 34.7. The van der Waals surface area contributed by atoms with Crippen LogP contribution in [-0.2, 0) is 0 Å². The van der Waals surface area contributed by atoms with Gasteiger partial charge in [0.15, 0.2) is 11.5 Å². The smallest absolute Gasteiger partial charge is 0.397 e. The Hall–Kier alpha value is -3.30. The number of hydrogen-bond donors (Lipinski definition) is 4. The van der Waals surface area contributed by atoms with E-state index in [0.29, 0.717) is 16.7 Å². The fourth-order valence-electron chi connectivity index (χ4n) is 2.23. The standard InChI is InChI=1S/C13H9F2N5O3/c14-13(15)22-9-2-6-7(3-10(9)23-13)19-12(18-6)20-11(21)8-1-5(16)4-17-8/h1-4,17H,16H2,(H2,18,19,20,21). The molecule has 23 heavy (non-hydrogen) atoms. The van der Waals surface area contributed by atoms with Gasteiger partial charge in [-0.05, 0) is 6.07 Å². The molecule has 1 aliphatic rings. The average molecular weight is 321 g/mol. The lowest BCUT2D eigenvalue weighted by Crippen LogP contribution is -2.25. The van der Waals surface area contributed by atoms with Crippen molar-refractivity contribution < 1.29 is 23.0 Å². The number of nitrogen functional groups attached to an aromatic ring is 1. The highest BCUT2D eigenvalue weighted by Crippen LogP contribution is 2.42. The lowest BCUT2D eigenvalue weighted by molar-refractivity contribution is -0.286. The molecule has 1 amide bonds. The van der Waals surface area contributed by atoms with Gasteiger partial charge in [-0.3, -0.25) is 10.1 Å². The number of amides is 1. The van der Waals surface area contributed by atoms with Crippen molar-refractivity contribution in [2.75, 3.05) is 11.1 Å². The van der Waals surface area contributed by atoms with E-state index in [1.165, 1.54) is 24.4 Å². The summed E-state index contributed by atoms with van der Waals surface area (Å²) in [6, 6.07) is 4.08. The minimum atomic E-state index is -3.69. The number of anilines is 2. The van der Waals surface area contributed by atoms with Gasteiger partial charge in [0.25, 0.3) is 5.91 Å². The predicted molar refractivity (Wildman–Crippen MR) is 75.5 cm³/mol. The number of rotatable bonds is 2. The normalized spacial score (nSPS) is 15.0. The molecule has 4 rings (SSSR count). The van der Waals surface area contributed by atoms with Crippen molar-refractivity contribution in [1.82, 2.24) is 15.0 Å². The summed E-state index contributed by atoms with van der Waals surface area (Å²) in [5, 5.41) is 2.53. The van der Waals surface area contributed by atoms with Crippen LogP contribution in [0, 0.1) is 0 Å². The zero-order chi connectivity index (χ0) is 16.2. The van der Waals surface area contributed by atoms with Crippen molar-refractivity contribution in [3.05, 3.63) is 30.1 Å². The van der Waals surface area contributed by atoms with E-state index in [-0.39, 0.29) is 23.1 Å². The monoisotopic (exact) mass is 321 g/mol. The molecule has 118 valence electrons. The van der Waals surface area contributed by atoms with Crippen molar-refractivity contribution in [3.63, 3.8) is 0 Å². The molecule has 0 atom stereocenters. The Kier molecular flexibility index (Phi) is 2.53. The lowest BCUT2D eigenvalue weighted by Gasteiger charge is -2.04. The third-order valence-electron chi connectivity index (χ3n) is 3.19. The number of carbonyl (C=O) groups is 1. The summed E-state index contributed by atoms with van der Waals surface area (Å²) in [6.07, 6.45) is -2.21. The Morgan fingerprint density at radius 2 is 2.00 bits per heavy atom. The highest BCUT2D eigenvalue weighted by molar-refractivity contribution is 6.03. The minimum Gasteiger partial charge on any atom is -0.397 e. The molecule has 2 aromatic heterocycles. The predicted octanol–water partition coefficient (Wildman–Crippen LogP) is 2.05. The molecule has 10 heteroatoms. The van der Waals surface area contributed by atoms with Crippen LogP contribution in [0.4, 0.5) is 20.4 Å². The van der Waals surface area contributed by atoms with Gasteiger partial charge in [-0.1, -0.05) is 0 Å². The molecule has 0 radical (unpaired) electrons. The SMILES string of the molecule is Nc1c[nH]c(C(=O)Nc2nc3cc4c(cc3[nH]2)OC(F)(F)O4)c1. The van der Waals surface area contributed by atoms with Crippen LogP contribution in [0.15, 0.2) is 24.4 Å². The van der Waals surface area contributed by atoms with Crippen LogP contribution in [0.25, 0.3) is 11.0 Å². The molecular weight excluding hydrogens is 312 g/mol. The van der Waals surface area contributed by atoms with E-state index < -0.39 is 12.2 Å². The van der Waals surface area contributed by atoms with Crippen molar-refractivity contribution in [2.24, 2.45) is 0 Å². The fraction of sp³-hybridized carbons (Fsp3) is 0.0769. The van der Waals surface area contributed by atoms with Gasteiger partial charge in [-0.25, -0.2) is 4.98 Å². The summed E-state index contributed by atoms with van der Waals surface area (Å²) in [4.78, 5) is 21.6. The number of benzene rings is 1. The molecule has 0 unspecified atom stereocenters. The van der Waals surface area contributed by atoms with Crippen molar-refractivity contribution in [3.8, 4) is 11.5 Å². The van der Waals surface area contributed by atoms with Gasteiger partial charge in [-0.15, -0.1) is 8.78 Å². The number of aromatic nitrogens is 3. The van der Waals surface area contributed by atoms with E-state index in [9.17, 15) is 13.6 Å². The Labute approximate surface area is 126 Å². The number of carbonyl (C=O) groups excluding carboxylic acids is 1. The van der Waals surface area contributed by atoms with E-state index in [4.69, 9.17) is 5.73 Å². The van der Waals surface area contributed by atoms with Crippen molar-refractivity contribution in [1.29, 1.82) is 0 Å². The Bertz CT molecular complexity index is 888. The lowest BCUT2D eigenvalue weighted by atomic mass is 10.3. The van der Waals surface area contributed by atoms with Crippen LogP contribution in [0.5, 0.6) is 11.5 Å². The molecule has 0 saturated heterocycles. The molecule has 0 saturated carbocycles. The molecule has 0 bridgehead atoms. The van der Waals surface area contributed by atoms with E-state index in [1.54, 1.807) is 0 Å². The molecule has 0 aliphatic carbocycles. The van der Waals surface area contributed by atoms with Gasteiger partial charge < -0.3 is 25.2 Å². The fourth-order valence-corrected chi connectivity index (χ4v) is 2.23. The molecule has 0 spiro atoms. The third-order valence-corrected chi connectivity index (χ3v) is 3.19. The summed E-state index contributed by atoms with van der Waals surface area (Å²) in [5.74, 6) is -0.536. The molecule has 3 aromatic rings. The summed E-state index contributed by atoms with van der Waals surface area (Å²) in [7, 11) is 0. The first-order valence-electron chi connectivity index (χ1n) is 6.44. The van der Waals surface area contributed by atoms with Gasteiger partial charge >= 0.3 is 6.29 Å². The number of nitrogens with two attached hydrogens (primary N) is 1. The summed E-state index contributed by atoms with van der Waals surface area (Å²) in [5.41, 5.74) is 6.96. The van der Waals surface area contributed by atoms with Crippen LogP contribution in [-0.4, -0.2) is 27.2 Å². The zero-order valence-corrected chi connectivity index (χ0v) is 11.3. The molecule has 5 N–H and O–H groups in total. The first kappa shape index (κ1) is 13.4. The van der Waals surface area contributed by atoms with E-state index in [0.717, 1.165) is 0 Å². The summed E-state index contributed by atoms with van der Waals surface area (Å²) >= 11 is 0. The number of alkyl halides is 2. The van der Waals surface area contributed by atoms with E-state index in [2.05, 4.69) is 29.7 Å². The Morgan fingerprint density at radius 1 is 1.26 bits per heavy atom. The molecular formula is C13H9F2N5O3. The second-order valence-electron chi connectivity index (χ2n) is 4.87. The quantitative estimate of drug-likeness (QED) is 0.576. The number of fused-ring (bicyclic) bond motifs is 2. The van der Waals surface area contributed by atoms with Gasteiger partial charge in [0.2, 0.25) is 5.95 Å². The first-order chi connectivity index (χ1) is 10.9. The maximum absolute atomic E-state index is 13.0. The molecule has 1 aliphatic heterocycles. The zero-order valence-electron chi connectivity index (χ0n) is 11.3. The number of nitrogens with zero attached hydrogens (tertiary/aromatic N) is 1. The van der Waals surface area contributed by atoms with E-state index in [1.807, 2.05) is 0 Å². The number of hydrogen-bond acceptors (Lipinski definition) is 5. The molecule has 1 aromatic carbocycles. The first-order valence-corrected chi connectivity index (χ1v) is 6.44. The number of aromatic amines is 2. The Morgan fingerprint density at radius 3 is 2.70 bits per heavy atom. The van der Waals surface area contributed by atoms with Gasteiger partial charge in [-0.2, -0.15) is 0 Å². The van der Waals surface area contributed by atoms with E-state index >= 15 is 0 Å². The molecule has 8 nitrogen and oxygen atoms in total. The van der Waals surface area contributed by atoms with Crippen LogP contribution < -0.4 is 20.5 Å². The van der Waals surface area contributed by atoms with Gasteiger partial charge in [0, 0.05) is 24.0 Å². The summed E-state index contributed by atoms with van der Waals surface area (Å²) in [6.45, 7) is 0. The van der Waals surface area contributed by atoms with Gasteiger partial charge in [0.1, 0.15) is 5.69 Å². The number of H-pyrrole nitrogens is 2. The van der Waals surface area contributed by atoms with Crippen LogP contribution >= 0.6 is 0 Å². The van der Waals surface area contributed by atoms with Crippen LogP contribution in [0.1, 0.15) is 10.5 Å². The highest BCUT2D eigenvalue weighted by Gasteiger charge is 2.43. The topological polar surface area (TPSA) is 118 Å². The maximum atomic E-state index is 13.0. The van der Waals surface area contributed by atoms with Crippen molar-refractivity contribution >= 4 is 28.6 Å². The highest BCUT2D eigenvalue weighted by atomic mass is 19.3. The maximum Gasteiger partial charge on any atom is 0.586 e. The molecule has 0 fully saturated rings. The minimum absolute atomic E-state index is 0.110.